The fourth-order valence-corrected chi connectivity index (χ4v) is 3.17. The first-order chi connectivity index (χ1) is 8.83. The third-order valence-electron chi connectivity index (χ3n) is 3.44. The second kappa shape index (κ2) is 7.04. The number of nitrogens with zero attached hydrogens (tertiary/aromatic N) is 3. The van der Waals surface area contributed by atoms with Crippen molar-refractivity contribution in [2.45, 2.75) is 52.0 Å². The van der Waals surface area contributed by atoms with Gasteiger partial charge in [0, 0.05) is 37.1 Å². The smallest absolute Gasteiger partial charge is 0.205 e. The molecular formula is C13H24N4S. The highest BCUT2D eigenvalue weighted by Gasteiger charge is 2.18. The quantitative estimate of drug-likeness (QED) is 0.860. The van der Waals surface area contributed by atoms with Gasteiger partial charge in [-0.25, -0.2) is 4.98 Å². The van der Waals surface area contributed by atoms with E-state index in [-0.39, 0.29) is 0 Å². The Morgan fingerprint density at radius 1 is 1.39 bits per heavy atom. The molecule has 0 aliphatic carbocycles. The van der Waals surface area contributed by atoms with Crippen LogP contribution < -0.4 is 10.2 Å². The zero-order valence-electron chi connectivity index (χ0n) is 11.5. The minimum absolute atomic E-state index is 0.622. The molecule has 1 aliphatic heterocycles. The van der Waals surface area contributed by atoms with Crippen LogP contribution >= 0.6 is 11.5 Å². The summed E-state index contributed by atoms with van der Waals surface area (Å²) in [5.74, 6) is 1.01. The van der Waals surface area contributed by atoms with E-state index in [0.717, 1.165) is 36.9 Å². The largest absolute Gasteiger partial charge is 0.346 e. The molecule has 1 N–H and O–H groups in total. The maximum Gasteiger partial charge on any atom is 0.205 e. The average Bonchev–Trinajstić information content (AvgIpc) is 2.86. The predicted molar refractivity (Wildman–Crippen MR) is 77.4 cm³/mol. The summed E-state index contributed by atoms with van der Waals surface area (Å²) in [6.45, 7) is 7.61. The summed E-state index contributed by atoms with van der Waals surface area (Å²) in [6, 6.07) is 0.622. The van der Waals surface area contributed by atoms with Gasteiger partial charge in [0.1, 0.15) is 5.82 Å². The molecule has 0 radical (unpaired) electrons. The zero-order chi connectivity index (χ0) is 12.8. The van der Waals surface area contributed by atoms with Crippen molar-refractivity contribution in [3.05, 3.63) is 5.82 Å². The summed E-state index contributed by atoms with van der Waals surface area (Å²) >= 11 is 1.55. The van der Waals surface area contributed by atoms with Crippen LogP contribution in [0.2, 0.25) is 0 Å². The molecule has 2 rings (SSSR count). The molecule has 102 valence electrons. The van der Waals surface area contributed by atoms with Gasteiger partial charge in [0.05, 0.1) is 0 Å². The van der Waals surface area contributed by atoms with Gasteiger partial charge in [0.2, 0.25) is 5.13 Å². The van der Waals surface area contributed by atoms with Gasteiger partial charge in [-0.15, -0.1) is 0 Å². The van der Waals surface area contributed by atoms with E-state index in [2.05, 4.69) is 33.4 Å². The second-order valence-corrected chi connectivity index (χ2v) is 5.66. The Labute approximate surface area is 114 Å². The van der Waals surface area contributed by atoms with Crippen molar-refractivity contribution in [1.29, 1.82) is 0 Å². The molecule has 5 heteroatoms. The van der Waals surface area contributed by atoms with E-state index in [0.29, 0.717) is 6.04 Å². The number of hydrogen-bond donors (Lipinski definition) is 1. The molecule has 4 nitrogen and oxygen atoms in total. The standard InChI is InChI=1S/C13H24N4S/c1-3-7-12-15-13(18-16-12)17(4-2)10-11-8-5-6-9-14-11/h11,14H,3-10H2,1-2H3. The minimum atomic E-state index is 0.622. The number of aromatic nitrogens is 2. The Kier molecular flexibility index (Phi) is 5.38. The Bertz CT molecular complexity index is 347. The molecule has 1 aromatic heterocycles. The lowest BCUT2D eigenvalue weighted by Gasteiger charge is -2.29. The SMILES string of the molecule is CCCc1nsc(N(CC)CC2CCCCN2)n1. The summed E-state index contributed by atoms with van der Waals surface area (Å²) in [5, 5.41) is 4.69. The molecule has 0 saturated carbocycles. The zero-order valence-corrected chi connectivity index (χ0v) is 12.3. The van der Waals surface area contributed by atoms with Gasteiger partial charge in [0.25, 0.3) is 0 Å². The van der Waals surface area contributed by atoms with E-state index < -0.39 is 0 Å². The summed E-state index contributed by atoms with van der Waals surface area (Å²) in [5.41, 5.74) is 0. The second-order valence-electron chi connectivity index (χ2n) is 4.93. The number of piperidine rings is 1. The molecule has 0 bridgehead atoms. The molecule has 0 aromatic carbocycles. The summed E-state index contributed by atoms with van der Waals surface area (Å²) < 4.78 is 4.44. The van der Waals surface area contributed by atoms with Crippen LogP contribution in [0.25, 0.3) is 0 Å². The van der Waals surface area contributed by atoms with Gasteiger partial charge in [-0.3, -0.25) is 0 Å². The van der Waals surface area contributed by atoms with E-state index in [1.165, 1.54) is 25.8 Å². The first-order valence-corrected chi connectivity index (χ1v) is 7.91. The lowest BCUT2D eigenvalue weighted by atomic mass is 10.0. The van der Waals surface area contributed by atoms with Crippen LogP contribution in [0.15, 0.2) is 0 Å². The van der Waals surface area contributed by atoms with Crippen molar-refractivity contribution in [3.8, 4) is 0 Å². The van der Waals surface area contributed by atoms with Crippen molar-refractivity contribution in [3.63, 3.8) is 0 Å². The van der Waals surface area contributed by atoms with Crippen molar-refractivity contribution in [2.24, 2.45) is 0 Å². The van der Waals surface area contributed by atoms with Crippen LogP contribution in [0.4, 0.5) is 5.13 Å². The van der Waals surface area contributed by atoms with E-state index in [1.807, 2.05) is 0 Å². The van der Waals surface area contributed by atoms with E-state index >= 15 is 0 Å². The highest BCUT2D eigenvalue weighted by Crippen LogP contribution is 2.19. The molecular weight excluding hydrogens is 244 g/mol. The molecule has 1 atom stereocenters. The van der Waals surface area contributed by atoms with Crippen LogP contribution in [0.1, 0.15) is 45.4 Å². The monoisotopic (exact) mass is 268 g/mol. The third kappa shape index (κ3) is 3.65. The minimum Gasteiger partial charge on any atom is -0.346 e. The third-order valence-corrected chi connectivity index (χ3v) is 4.25. The number of hydrogen-bond acceptors (Lipinski definition) is 5. The molecule has 1 fully saturated rings. The summed E-state index contributed by atoms with van der Waals surface area (Å²) in [7, 11) is 0. The number of aryl methyl sites for hydroxylation is 1. The van der Waals surface area contributed by atoms with Gasteiger partial charge in [-0.1, -0.05) is 13.3 Å². The fourth-order valence-electron chi connectivity index (χ4n) is 2.39. The lowest BCUT2D eigenvalue weighted by Crippen LogP contribution is -2.43. The van der Waals surface area contributed by atoms with E-state index in [9.17, 15) is 0 Å². The topological polar surface area (TPSA) is 41.1 Å². The first-order valence-electron chi connectivity index (χ1n) is 7.14. The van der Waals surface area contributed by atoms with Crippen LogP contribution in [0.5, 0.6) is 0 Å². The molecule has 18 heavy (non-hydrogen) atoms. The highest BCUT2D eigenvalue weighted by molar-refractivity contribution is 7.09. The Balaban J connectivity index is 1.93. The van der Waals surface area contributed by atoms with Gasteiger partial charge in [-0.05, 0) is 32.7 Å². The Hall–Kier alpha value is -0.680. The normalized spacial score (nSPS) is 20.0. The van der Waals surface area contributed by atoms with Crippen molar-refractivity contribution < 1.29 is 0 Å². The Morgan fingerprint density at radius 2 is 2.28 bits per heavy atom. The average molecular weight is 268 g/mol. The van der Waals surface area contributed by atoms with Gasteiger partial charge in [0.15, 0.2) is 0 Å². The Morgan fingerprint density at radius 3 is 2.94 bits per heavy atom. The number of anilines is 1. The molecule has 2 heterocycles. The number of nitrogens with one attached hydrogen (secondary N) is 1. The summed E-state index contributed by atoms with van der Waals surface area (Å²) in [6.07, 6.45) is 6.08. The number of likely N-dealkylation sites (N-methyl/N-ethyl adjacent to an activating group) is 1. The van der Waals surface area contributed by atoms with Crippen LogP contribution in [-0.2, 0) is 6.42 Å². The maximum absolute atomic E-state index is 4.64. The molecule has 1 saturated heterocycles. The van der Waals surface area contributed by atoms with Crippen LogP contribution in [-0.4, -0.2) is 35.0 Å². The molecule has 0 amide bonds. The fraction of sp³-hybridized carbons (Fsp3) is 0.846. The van der Waals surface area contributed by atoms with Crippen LogP contribution in [0, 0.1) is 0 Å². The van der Waals surface area contributed by atoms with E-state index in [4.69, 9.17) is 0 Å². The van der Waals surface area contributed by atoms with Crippen molar-refractivity contribution in [1.82, 2.24) is 14.7 Å². The molecule has 1 aromatic rings. The van der Waals surface area contributed by atoms with Crippen LogP contribution in [0.3, 0.4) is 0 Å². The van der Waals surface area contributed by atoms with Gasteiger partial charge < -0.3 is 10.2 Å². The van der Waals surface area contributed by atoms with Crippen molar-refractivity contribution >= 4 is 16.7 Å². The van der Waals surface area contributed by atoms with Gasteiger partial charge in [-0.2, -0.15) is 4.37 Å². The number of rotatable bonds is 6. The summed E-state index contributed by atoms with van der Waals surface area (Å²) in [4.78, 5) is 7.00. The lowest BCUT2D eigenvalue weighted by molar-refractivity contribution is 0.400. The van der Waals surface area contributed by atoms with E-state index in [1.54, 1.807) is 11.5 Å². The maximum atomic E-state index is 4.64. The molecule has 1 aliphatic rings. The molecule has 1 unspecified atom stereocenters. The first kappa shape index (κ1) is 13.7. The highest BCUT2D eigenvalue weighted by atomic mass is 32.1. The molecule has 0 spiro atoms. The van der Waals surface area contributed by atoms with Crippen molar-refractivity contribution in [2.75, 3.05) is 24.5 Å². The van der Waals surface area contributed by atoms with Gasteiger partial charge >= 0.3 is 0 Å². The predicted octanol–water partition coefficient (Wildman–Crippen LogP) is 2.46.